The fraction of sp³-hybridized carbons (Fsp3) is 0.350. The van der Waals surface area contributed by atoms with Gasteiger partial charge >= 0.3 is 0 Å². The summed E-state index contributed by atoms with van der Waals surface area (Å²) < 4.78 is 13.2. The van der Waals surface area contributed by atoms with E-state index in [1.54, 1.807) is 15.9 Å². The summed E-state index contributed by atoms with van der Waals surface area (Å²) in [4.78, 5) is 40.7. The van der Waals surface area contributed by atoms with E-state index in [9.17, 15) is 18.8 Å². The molecule has 0 radical (unpaired) electrons. The van der Waals surface area contributed by atoms with Crippen molar-refractivity contribution in [3.8, 4) is 0 Å². The zero-order chi connectivity index (χ0) is 20.8. The van der Waals surface area contributed by atoms with Crippen molar-refractivity contribution in [3.63, 3.8) is 0 Å². The Morgan fingerprint density at radius 2 is 1.83 bits per heavy atom. The lowest BCUT2D eigenvalue weighted by Crippen LogP contribution is -2.50. The van der Waals surface area contributed by atoms with Crippen LogP contribution in [0.3, 0.4) is 0 Å². The van der Waals surface area contributed by atoms with E-state index in [0.29, 0.717) is 50.4 Å². The molecule has 29 heavy (non-hydrogen) atoms. The maximum atomic E-state index is 13.2. The van der Waals surface area contributed by atoms with Gasteiger partial charge in [-0.25, -0.2) is 4.39 Å². The highest BCUT2D eigenvalue weighted by Gasteiger charge is 2.25. The van der Waals surface area contributed by atoms with Gasteiger partial charge in [0.05, 0.1) is 15.5 Å². The average Bonchev–Trinajstić information content (AvgIpc) is 3.25. The van der Waals surface area contributed by atoms with Gasteiger partial charge in [-0.05, 0) is 36.1 Å². The van der Waals surface area contributed by atoms with Crippen LogP contribution >= 0.6 is 22.9 Å². The molecule has 3 rings (SSSR count). The van der Waals surface area contributed by atoms with Gasteiger partial charge in [-0.15, -0.1) is 11.3 Å². The van der Waals surface area contributed by atoms with Crippen molar-refractivity contribution < 1.29 is 18.8 Å². The standard InChI is InChI=1S/C20H21ClFN3O3S/c21-16-13-14(22)5-6-15(16)20(28)25-10-8-24(9-11-25)18(26)4-1-7-23-19(27)17-3-2-12-29-17/h2-3,5-6,12-13H,1,4,7-11H2,(H,23,27). The number of amides is 3. The zero-order valence-electron chi connectivity index (χ0n) is 15.7. The number of halogens is 2. The summed E-state index contributed by atoms with van der Waals surface area (Å²) in [5, 5.41) is 4.72. The first-order valence-electron chi connectivity index (χ1n) is 9.29. The van der Waals surface area contributed by atoms with Crippen LogP contribution in [-0.4, -0.2) is 60.2 Å². The van der Waals surface area contributed by atoms with Gasteiger partial charge in [-0.2, -0.15) is 0 Å². The van der Waals surface area contributed by atoms with E-state index < -0.39 is 5.82 Å². The maximum absolute atomic E-state index is 13.2. The molecule has 1 saturated heterocycles. The van der Waals surface area contributed by atoms with Crippen molar-refractivity contribution in [1.82, 2.24) is 15.1 Å². The number of carbonyl (C=O) groups excluding carboxylic acids is 3. The molecule has 0 saturated carbocycles. The van der Waals surface area contributed by atoms with E-state index in [1.807, 2.05) is 11.4 Å². The van der Waals surface area contributed by atoms with Crippen LogP contribution in [0.25, 0.3) is 0 Å². The highest BCUT2D eigenvalue weighted by Crippen LogP contribution is 2.20. The van der Waals surface area contributed by atoms with Gasteiger partial charge in [-0.1, -0.05) is 17.7 Å². The van der Waals surface area contributed by atoms with E-state index >= 15 is 0 Å². The number of nitrogens with one attached hydrogen (secondary N) is 1. The van der Waals surface area contributed by atoms with Crippen molar-refractivity contribution in [1.29, 1.82) is 0 Å². The first-order chi connectivity index (χ1) is 14.0. The number of benzene rings is 1. The monoisotopic (exact) mass is 437 g/mol. The van der Waals surface area contributed by atoms with E-state index in [4.69, 9.17) is 11.6 Å². The maximum Gasteiger partial charge on any atom is 0.261 e. The Labute approximate surface area is 177 Å². The lowest BCUT2D eigenvalue weighted by molar-refractivity contribution is -0.132. The summed E-state index contributed by atoms with van der Waals surface area (Å²) >= 11 is 7.34. The highest BCUT2D eigenvalue weighted by molar-refractivity contribution is 7.12. The number of hydrogen-bond acceptors (Lipinski definition) is 4. The fourth-order valence-corrected chi connectivity index (χ4v) is 3.97. The van der Waals surface area contributed by atoms with Crippen LogP contribution in [0.4, 0.5) is 4.39 Å². The SMILES string of the molecule is O=C(NCCCC(=O)N1CCN(C(=O)c2ccc(F)cc2Cl)CC1)c1cccs1. The molecule has 1 aliphatic heterocycles. The summed E-state index contributed by atoms with van der Waals surface area (Å²) in [5.41, 5.74) is 0.259. The van der Waals surface area contributed by atoms with E-state index in [2.05, 4.69) is 5.32 Å². The van der Waals surface area contributed by atoms with Gasteiger partial charge in [0.2, 0.25) is 5.91 Å². The first-order valence-corrected chi connectivity index (χ1v) is 10.6. The molecule has 2 aromatic rings. The molecule has 1 fully saturated rings. The van der Waals surface area contributed by atoms with Crippen molar-refractivity contribution >= 4 is 40.7 Å². The quantitative estimate of drug-likeness (QED) is 0.706. The molecule has 1 N–H and O–H groups in total. The first kappa shape index (κ1) is 21.3. The molecule has 3 amide bonds. The molecule has 6 nitrogen and oxygen atoms in total. The van der Waals surface area contributed by atoms with Crippen LogP contribution in [0.15, 0.2) is 35.7 Å². The van der Waals surface area contributed by atoms with Gasteiger partial charge in [0, 0.05) is 39.1 Å². The minimum Gasteiger partial charge on any atom is -0.351 e. The zero-order valence-corrected chi connectivity index (χ0v) is 17.3. The van der Waals surface area contributed by atoms with Crippen molar-refractivity contribution in [3.05, 3.63) is 57.0 Å². The number of thiophene rings is 1. The minimum absolute atomic E-state index is 0.00212. The topological polar surface area (TPSA) is 69.7 Å². The lowest BCUT2D eigenvalue weighted by Gasteiger charge is -2.35. The molecule has 0 bridgehead atoms. The minimum atomic E-state index is -0.492. The number of hydrogen-bond donors (Lipinski definition) is 1. The Morgan fingerprint density at radius 1 is 1.10 bits per heavy atom. The van der Waals surface area contributed by atoms with Crippen LogP contribution in [0, 0.1) is 5.82 Å². The summed E-state index contributed by atoms with van der Waals surface area (Å²) in [6.07, 6.45) is 0.892. The van der Waals surface area contributed by atoms with Crippen molar-refractivity contribution in [2.24, 2.45) is 0 Å². The third-order valence-electron chi connectivity index (χ3n) is 4.68. The van der Waals surface area contributed by atoms with E-state index in [1.165, 1.54) is 23.5 Å². The van der Waals surface area contributed by atoms with Gasteiger partial charge < -0.3 is 15.1 Å². The molecule has 9 heteroatoms. The largest absolute Gasteiger partial charge is 0.351 e. The third-order valence-corrected chi connectivity index (χ3v) is 5.86. The van der Waals surface area contributed by atoms with Crippen molar-refractivity contribution in [2.75, 3.05) is 32.7 Å². The fourth-order valence-electron chi connectivity index (χ4n) is 3.09. The van der Waals surface area contributed by atoms with Gasteiger partial charge in [0.15, 0.2) is 0 Å². The molecule has 0 spiro atoms. The Kier molecular flexibility index (Phi) is 7.22. The predicted molar refractivity (Wildman–Crippen MR) is 110 cm³/mol. The van der Waals surface area contributed by atoms with Crippen molar-refractivity contribution in [2.45, 2.75) is 12.8 Å². The number of rotatable bonds is 6. The predicted octanol–water partition coefficient (Wildman–Crippen LogP) is 3.04. The normalized spacial score (nSPS) is 14.0. The molecule has 1 aromatic heterocycles. The van der Waals surface area contributed by atoms with E-state index in [0.717, 1.165) is 6.07 Å². The Morgan fingerprint density at radius 3 is 2.48 bits per heavy atom. The molecule has 1 aliphatic rings. The molecule has 1 aromatic carbocycles. The van der Waals surface area contributed by atoms with Gasteiger partial charge in [0.25, 0.3) is 11.8 Å². The van der Waals surface area contributed by atoms with Crippen LogP contribution in [0.2, 0.25) is 5.02 Å². The van der Waals surface area contributed by atoms with Crippen LogP contribution in [0.5, 0.6) is 0 Å². The molecule has 0 unspecified atom stereocenters. The smallest absolute Gasteiger partial charge is 0.261 e. The van der Waals surface area contributed by atoms with E-state index in [-0.39, 0.29) is 28.3 Å². The molecular formula is C20H21ClFN3O3S. The number of piperazine rings is 1. The number of nitrogens with zero attached hydrogens (tertiary/aromatic N) is 2. The van der Waals surface area contributed by atoms with Crippen LogP contribution in [0.1, 0.15) is 32.9 Å². The summed E-state index contributed by atoms with van der Waals surface area (Å²) in [6, 6.07) is 7.27. The van der Waals surface area contributed by atoms with Gasteiger partial charge in [-0.3, -0.25) is 14.4 Å². The van der Waals surface area contributed by atoms with Crippen LogP contribution in [-0.2, 0) is 4.79 Å². The number of carbonyl (C=O) groups is 3. The molecule has 154 valence electrons. The average molecular weight is 438 g/mol. The highest BCUT2D eigenvalue weighted by atomic mass is 35.5. The Hall–Kier alpha value is -2.45. The lowest BCUT2D eigenvalue weighted by atomic mass is 10.1. The van der Waals surface area contributed by atoms with Crippen LogP contribution < -0.4 is 5.32 Å². The second-order valence-electron chi connectivity index (χ2n) is 6.63. The molecule has 0 aliphatic carbocycles. The molecule has 2 heterocycles. The molecular weight excluding hydrogens is 417 g/mol. The second-order valence-corrected chi connectivity index (χ2v) is 7.99. The summed E-state index contributed by atoms with van der Waals surface area (Å²) in [5.74, 6) is -0.881. The Balaban J connectivity index is 1.40. The summed E-state index contributed by atoms with van der Waals surface area (Å²) in [6.45, 7) is 2.10. The second kappa shape index (κ2) is 9.84. The molecule has 0 atom stereocenters. The van der Waals surface area contributed by atoms with Gasteiger partial charge in [0.1, 0.15) is 5.82 Å². The summed E-state index contributed by atoms with van der Waals surface area (Å²) in [7, 11) is 0. The third kappa shape index (κ3) is 5.55. The Bertz CT molecular complexity index is 883.